The van der Waals surface area contributed by atoms with E-state index in [1.54, 1.807) is 0 Å². The number of likely N-dealkylation sites (tertiary alicyclic amines) is 1. The minimum absolute atomic E-state index is 0.116. The summed E-state index contributed by atoms with van der Waals surface area (Å²) in [6.07, 6.45) is 4.42. The van der Waals surface area contributed by atoms with Crippen LogP contribution in [0.3, 0.4) is 0 Å². The largest absolute Gasteiger partial charge is 0.449 e. The molecule has 0 radical (unpaired) electrons. The first-order valence-electron chi connectivity index (χ1n) is 6.08. The third-order valence-corrected chi connectivity index (χ3v) is 2.87. The van der Waals surface area contributed by atoms with Gasteiger partial charge in [0.05, 0.1) is 6.61 Å². The van der Waals surface area contributed by atoms with E-state index in [2.05, 4.69) is 20.8 Å². The van der Waals surface area contributed by atoms with Crippen molar-refractivity contribution >= 4 is 6.09 Å². The monoisotopic (exact) mass is 213 g/mol. The summed E-state index contributed by atoms with van der Waals surface area (Å²) < 4.78 is 5.26. The smallest absolute Gasteiger partial charge is 0.410 e. The molecule has 0 saturated carbocycles. The molecule has 0 aliphatic carbocycles. The standard InChI is InChI=1S/C12H23NO2/c1-4-11-7-5-6-8-13(11)12(14)15-9-10(2)3/h10-11H,4-9H2,1-3H3. The first kappa shape index (κ1) is 12.3. The lowest BCUT2D eigenvalue weighted by Crippen LogP contribution is -2.43. The lowest BCUT2D eigenvalue weighted by atomic mass is 10.0. The van der Waals surface area contributed by atoms with Crippen molar-refractivity contribution in [2.24, 2.45) is 5.92 Å². The molecule has 1 amide bonds. The van der Waals surface area contributed by atoms with Gasteiger partial charge in [0.25, 0.3) is 0 Å². The van der Waals surface area contributed by atoms with Crippen molar-refractivity contribution < 1.29 is 9.53 Å². The minimum atomic E-state index is -0.116. The fraction of sp³-hybridized carbons (Fsp3) is 0.917. The van der Waals surface area contributed by atoms with Gasteiger partial charge in [-0.3, -0.25) is 0 Å². The zero-order valence-corrected chi connectivity index (χ0v) is 10.2. The van der Waals surface area contributed by atoms with E-state index in [1.165, 1.54) is 6.42 Å². The van der Waals surface area contributed by atoms with Gasteiger partial charge in [-0.05, 0) is 31.6 Å². The normalized spacial score (nSPS) is 21.9. The summed E-state index contributed by atoms with van der Waals surface area (Å²) in [5, 5.41) is 0. The Morgan fingerprint density at radius 1 is 1.47 bits per heavy atom. The number of ether oxygens (including phenoxy) is 1. The predicted molar refractivity (Wildman–Crippen MR) is 60.8 cm³/mol. The molecule has 1 aliphatic heterocycles. The molecule has 88 valence electrons. The van der Waals surface area contributed by atoms with E-state index in [0.29, 0.717) is 18.6 Å². The van der Waals surface area contributed by atoms with Crippen LogP contribution >= 0.6 is 0 Å². The van der Waals surface area contributed by atoms with E-state index in [1.807, 2.05) is 4.90 Å². The van der Waals surface area contributed by atoms with Crippen LogP contribution in [0.5, 0.6) is 0 Å². The molecule has 1 rings (SSSR count). The first-order chi connectivity index (χ1) is 7.15. The summed E-state index contributed by atoms with van der Waals surface area (Å²) >= 11 is 0. The van der Waals surface area contributed by atoms with Gasteiger partial charge in [-0.1, -0.05) is 20.8 Å². The van der Waals surface area contributed by atoms with Crippen molar-refractivity contribution in [3.63, 3.8) is 0 Å². The average Bonchev–Trinajstić information content (AvgIpc) is 2.25. The van der Waals surface area contributed by atoms with Gasteiger partial charge in [-0.25, -0.2) is 4.79 Å². The summed E-state index contributed by atoms with van der Waals surface area (Å²) in [4.78, 5) is 13.7. The fourth-order valence-electron chi connectivity index (χ4n) is 1.99. The highest BCUT2D eigenvalue weighted by atomic mass is 16.6. The van der Waals surface area contributed by atoms with Crippen LogP contribution in [0, 0.1) is 5.92 Å². The van der Waals surface area contributed by atoms with E-state index in [4.69, 9.17) is 4.74 Å². The van der Waals surface area contributed by atoms with Crippen LogP contribution in [0.25, 0.3) is 0 Å². The molecule has 0 aromatic heterocycles. The Morgan fingerprint density at radius 3 is 2.80 bits per heavy atom. The number of piperidine rings is 1. The second kappa shape index (κ2) is 5.99. The molecule has 1 fully saturated rings. The number of nitrogens with zero attached hydrogens (tertiary/aromatic N) is 1. The molecule has 1 atom stereocenters. The predicted octanol–water partition coefficient (Wildman–Crippen LogP) is 3.04. The molecular formula is C12H23NO2. The molecule has 0 N–H and O–H groups in total. The average molecular weight is 213 g/mol. The molecule has 1 unspecified atom stereocenters. The quantitative estimate of drug-likeness (QED) is 0.721. The number of hydrogen-bond donors (Lipinski definition) is 0. The molecule has 0 aromatic carbocycles. The van der Waals surface area contributed by atoms with E-state index in [-0.39, 0.29) is 6.09 Å². The molecular weight excluding hydrogens is 190 g/mol. The Balaban J connectivity index is 2.41. The van der Waals surface area contributed by atoms with Gasteiger partial charge in [0.15, 0.2) is 0 Å². The van der Waals surface area contributed by atoms with Crippen LogP contribution in [-0.4, -0.2) is 30.2 Å². The molecule has 0 bridgehead atoms. The van der Waals surface area contributed by atoms with Crippen LogP contribution < -0.4 is 0 Å². The van der Waals surface area contributed by atoms with Gasteiger partial charge in [0.1, 0.15) is 0 Å². The molecule has 3 nitrogen and oxygen atoms in total. The number of amides is 1. The Hall–Kier alpha value is -0.730. The lowest BCUT2D eigenvalue weighted by molar-refractivity contribution is 0.0646. The van der Waals surface area contributed by atoms with Gasteiger partial charge < -0.3 is 9.64 Å². The number of rotatable bonds is 3. The van der Waals surface area contributed by atoms with Crippen molar-refractivity contribution in [3.8, 4) is 0 Å². The van der Waals surface area contributed by atoms with E-state index < -0.39 is 0 Å². The third kappa shape index (κ3) is 3.73. The van der Waals surface area contributed by atoms with Crippen LogP contribution in [0.4, 0.5) is 4.79 Å². The van der Waals surface area contributed by atoms with Crippen LogP contribution in [-0.2, 0) is 4.74 Å². The maximum absolute atomic E-state index is 11.8. The topological polar surface area (TPSA) is 29.5 Å². The van der Waals surface area contributed by atoms with E-state index >= 15 is 0 Å². The van der Waals surface area contributed by atoms with Crippen LogP contribution in [0.1, 0.15) is 46.5 Å². The molecule has 1 heterocycles. The molecule has 15 heavy (non-hydrogen) atoms. The highest BCUT2D eigenvalue weighted by molar-refractivity contribution is 5.68. The fourth-order valence-corrected chi connectivity index (χ4v) is 1.99. The maximum Gasteiger partial charge on any atom is 0.410 e. The molecule has 0 aromatic rings. The highest BCUT2D eigenvalue weighted by Crippen LogP contribution is 2.20. The van der Waals surface area contributed by atoms with Crippen LogP contribution in [0.15, 0.2) is 0 Å². The second-order valence-electron chi connectivity index (χ2n) is 4.72. The van der Waals surface area contributed by atoms with Crippen molar-refractivity contribution in [3.05, 3.63) is 0 Å². The van der Waals surface area contributed by atoms with Crippen LogP contribution in [0.2, 0.25) is 0 Å². The number of carbonyl (C=O) groups excluding carboxylic acids is 1. The summed E-state index contributed by atoms with van der Waals surface area (Å²) in [6.45, 7) is 7.65. The maximum atomic E-state index is 11.8. The van der Waals surface area contributed by atoms with Gasteiger partial charge in [-0.15, -0.1) is 0 Å². The Morgan fingerprint density at radius 2 is 2.20 bits per heavy atom. The van der Waals surface area contributed by atoms with Gasteiger partial charge in [0.2, 0.25) is 0 Å². The zero-order valence-electron chi connectivity index (χ0n) is 10.2. The SMILES string of the molecule is CCC1CCCCN1C(=O)OCC(C)C. The summed E-state index contributed by atoms with van der Waals surface area (Å²) in [6, 6.07) is 0.401. The molecule has 1 saturated heterocycles. The van der Waals surface area contributed by atoms with Crippen molar-refractivity contribution in [2.45, 2.75) is 52.5 Å². The molecule has 0 spiro atoms. The number of hydrogen-bond acceptors (Lipinski definition) is 2. The Labute approximate surface area is 92.8 Å². The summed E-state index contributed by atoms with van der Waals surface area (Å²) in [7, 11) is 0. The lowest BCUT2D eigenvalue weighted by Gasteiger charge is -2.34. The third-order valence-electron chi connectivity index (χ3n) is 2.87. The minimum Gasteiger partial charge on any atom is -0.449 e. The summed E-state index contributed by atoms with van der Waals surface area (Å²) in [5.74, 6) is 0.416. The van der Waals surface area contributed by atoms with Gasteiger partial charge >= 0.3 is 6.09 Å². The van der Waals surface area contributed by atoms with E-state index in [0.717, 1.165) is 25.8 Å². The van der Waals surface area contributed by atoms with Gasteiger partial charge in [-0.2, -0.15) is 0 Å². The first-order valence-corrected chi connectivity index (χ1v) is 6.08. The Kier molecular flexibility index (Phi) is 4.92. The number of carbonyl (C=O) groups is 1. The molecule has 3 heteroatoms. The van der Waals surface area contributed by atoms with Crippen molar-refractivity contribution in [2.75, 3.05) is 13.2 Å². The zero-order chi connectivity index (χ0) is 11.3. The van der Waals surface area contributed by atoms with Crippen molar-refractivity contribution in [1.82, 2.24) is 4.90 Å². The van der Waals surface area contributed by atoms with Gasteiger partial charge in [0, 0.05) is 12.6 Å². The second-order valence-corrected chi connectivity index (χ2v) is 4.72. The highest BCUT2D eigenvalue weighted by Gasteiger charge is 2.26. The van der Waals surface area contributed by atoms with E-state index in [9.17, 15) is 4.79 Å². The molecule has 1 aliphatic rings. The summed E-state index contributed by atoms with van der Waals surface area (Å²) in [5.41, 5.74) is 0. The Bertz CT molecular complexity index is 204. The van der Waals surface area contributed by atoms with Crippen molar-refractivity contribution in [1.29, 1.82) is 0 Å².